The van der Waals surface area contributed by atoms with Crippen LogP contribution in [0, 0.1) is 0 Å². The molecule has 1 unspecified atom stereocenters. The van der Waals surface area contributed by atoms with Crippen molar-refractivity contribution >= 4 is 23.4 Å². The van der Waals surface area contributed by atoms with E-state index in [0.717, 1.165) is 18.8 Å². The number of piperidine rings is 1. The molecule has 0 radical (unpaired) electrons. The zero-order chi connectivity index (χ0) is 11.5. The summed E-state index contributed by atoms with van der Waals surface area (Å²) in [6, 6.07) is 2.35. The number of nitrogens with two attached hydrogens (primary N) is 1. The SMILES string of the molecule is CCC1CCCCN1c1cc(Cl)nc(N)n1. The lowest BCUT2D eigenvalue weighted by molar-refractivity contribution is 0.447. The predicted octanol–water partition coefficient (Wildman–Crippen LogP) is 2.48. The molecule has 0 spiro atoms. The van der Waals surface area contributed by atoms with Crippen LogP contribution in [0.4, 0.5) is 11.8 Å². The second kappa shape index (κ2) is 4.87. The summed E-state index contributed by atoms with van der Waals surface area (Å²) in [6.45, 7) is 3.24. The number of rotatable bonds is 2. The number of hydrogen-bond donors (Lipinski definition) is 1. The van der Waals surface area contributed by atoms with Crippen LogP contribution in [-0.4, -0.2) is 22.6 Å². The minimum Gasteiger partial charge on any atom is -0.368 e. The number of aromatic nitrogens is 2. The molecular formula is C11H17ClN4. The van der Waals surface area contributed by atoms with Crippen molar-refractivity contribution < 1.29 is 0 Å². The van der Waals surface area contributed by atoms with Crippen molar-refractivity contribution in [3.8, 4) is 0 Å². The van der Waals surface area contributed by atoms with Gasteiger partial charge in [-0.05, 0) is 25.7 Å². The standard InChI is InChI=1S/C11H17ClN4/c1-2-8-5-3-4-6-16(8)10-7-9(12)14-11(13)15-10/h7-8H,2-6H2,1H3,(H2,13,14,15). The fourth-order valence-corrected chi connectivity index (χ4v) is 2.48. The van der Waals surface area contributed by atoms with E-state index < -0.39 is 0 Å². The maximum Gasteiger partial charge on any atom is 0.223 e. The van der Waals surface area contributed by atoms with Crippen molar-refractivity contribution in [1.82, 2.24) is 9.97 Å². The van der Waals surface area contributed by atoms with E-state index in [9.17, 15) is 0 Å². The Morgan fingerprint density at radius 1 is 1.50 bits per heavy atom. The fraction of sp³-hybridized carbons (Fsp3) is 0.636. The Bertz CT molecular complexity index is 349. The molecule has 1 aliphatic heterocycles. The molecule has 88 valence electrons. The van der Waals surface area contributed by atoms with Gasteiger partial charge >= 0.3 is 0 Å². The van der Waals surface area contributed by atoms with E-state index in [2.05, 4.69) is 21.8 Å². The zero-order valence-corrected chi connectivity index (χ0v) is 10.2. The molecule has 0 saturated carbocycles. The van der Waals surface area contributed by atoms with Gasteiger partial charge in [0.2, 0.25) is 5.95 Å². The molecule has 1 aliphatic rings. The number of anilines is 2. The van der Waals surface area contributed by atoms with Gasteiger partial charge in [0.15, 0.2) is 0 Å². The Kier molecular flexibility index (Phi) is 3.49. The van der Waals surface area contributed by atoms with Gasteiger partial charge in [-0.1, -0.05) is 18.5 Å². The van der Waals surface area contributed by atoms with Gasteiger partial charge in [-0.2, -0.15) is 4.98 Å². The number of hydrogen-bond acceptors (Lipinski definition) is 4. The predicted molar refractivity (Wildman–Crippen MR) is 66.7 cm³/mol. The summed E-state index contributed by atoms with van der Waals surface area (Å²) < 4.78 is 0. The van der Waals surface area contributed by atoms with E-state index in [1.54, 1.807) is 6.07 Å². The number of halogens is 1. The highest BCUT2D eigenvalue weighted by Crippen LogP contribution is 2.26. The van der Waals surface area contributed by atoms with Crippen molar-refractivity contribution in [3.63, 3.8) is 0 Å². The molecule has 2 N–H and O–H groups in total. The third-order valence-corrected chi connectivity index (χ3v) is 3.28. The topological polar surface area (TPSA) is 55.0 Å². The summed E-state index contributed by atoms with van der Waals surface area (Å²) in [6.07, 6.45) is 4.85. The summed E-state index contributed by atoms with van der Waals surface area (Å²) in [5.41, 5.74) is 5.62. The summed E-state index contributed by atoms with van der Waals surface area (Å²) >= 11 is 5.90. The Morgan fingerprint density at radius 2 is 2.31 bits per heavy atom. The molecule has 1 aromatic heterocycles. The van der Waals surface area contributed by atoms with Gasteiger partial charge in [-0.15, -0.1) is 0 Å². The quantitative estimate of drug-likeness (QED) is 0.807. The molecule has 1 fully saturated rings. The van der Waals surface area contributed by atoms with Crippen LogP contribution < -0.4 is 10.6 Å². The average molecular weight is 241 g/mol. The van der Waals surface area contributed by atoms with Gasteiger partial charge < -0.3 is 10.6 Å². The van der Waals surface area contributed by atoms with Crippen molar-refractivity contribution in [3.05, 3.63) is 11.2 Å². The largest absolute Gasteiger partial charge is 0.368 e. The van der Waals surface area contributed by atoms with Crippen LogP contribution >= 0.6 is 11.6 Å². The molecule has 0 aromatic carbocycles. The molecule has 1 saturated heterocycles. The van der Waals surface area contributed by atoms with E-state index in [4.69, 9.17) is 17.3 Å². The maximum absolute atomic E-state index is 5.90. The van der Waals surface area contributed by atoms with Gasteiger partial charge in [0.1, 0.15) is 11.0 Å². The zero-order valence-electron chi connectivity index (χ0n) is 9.49. The van der Waals surface area contributed by atoms with Crippen molar-refractivity contribution in [2.45, 2.75) is 38.6 Å². The lowest BCUT2D eigenvalue weighted by atomic mass is 10.0. The first-order valence-electron chi connectivity index (χ1n) is 5.77. The molecule has 4 nitrogen and oxygen atoms in total. The molecule has 1 aromatic rings. The molecule has 0 amide bonds. The van der Waals surface area contributed by atoms with E-state index in [1.807, 2.05) is 0 Å². The molecule has 2 heterocycles. The second-order valence-electron chi connectivity index (χ2n) is 4.16. The third kappa shape index (κ3) is 2.38. The minimum atomic E-state index is 0.253. The summed E-state index contributed by atoms with van der Waals surface area (Å²) in [5, 5.41) is 0.419. The molecule has 5 heteroatoms. The van der Waals surface area contributed by atoms with Crippen LogP contribution in [-0.2, 0) is 0 Å². The third-order valence-electron chi connectivity index (χ3n) is 3.09. The van der Waals surface area contributed by atoms with Gasteiger partial charge in [-0.25, -0.2) is 4.98 Å². The Balaban J connectivity index is 2.26. The van der Waals surface area contributed by atoms with Crippen LogP contribution in [0.1, 0.15) is 32.6 Å². The lowest BCUT2D eigenvalue weighted by Crippen LogP contribution is -2.39. The number of nitrogen functional groups attached to an aromatic ring is 1. The fourth-order valence-electron chi connectivity index (χ4n) is 2.30. The van der Waals surface area contributed by atoms with E-state index >= 15 is 0 Å². The van der Waals surface area contributed by atoms with Crippen LogP contribution in [0.25, 0.3) is 0 Å². The van der Waals surface area contributed by atoms with Gasteiger partial charge in [0.25, 0.3) is 0 Å². The van der Waals surface area contributed by atoms with Crippen molar-refractivity contribution in [2.24, 2.45) is 0 Å². The highest BCUT2D eigenvalue weighted by atomic mass is 35.5. The normalized spacial score (nSPS) is 21.1. The average Bonchev–Trinajstić information content (AvgIpc) is 2.27. The first-order chi connectivity index (χ1) is 7.70. The summed E-state index contributed by atoms with van der Waals surface area (Å²) in [7, 11) is 0. The number of nitrogens with zero attached hydrogens (tertiary/aromatic N) is 3. The Hall–Kier alpha value is -1.03. The lowest BCUT2D eigenvalue weighted by Gasteiger charge is -2.36. The highest BCUT2D eigenvalue weighted by molar-refractivity contribution is 6.29. The summed E-state index contributed by atoms with van der Waals surface area (Å²) in [4.78, 5) is 10.4. The first-order valence-corrected chi connectivity index (χ1v) is 6.15. The minimum absolute atomic E-state index is 0.253. The van der Waals surface area contributed by atoms with Gasteiger partial charge in [0, 0.05) is 18.7 Å². The van der Waals surface area contributed by atoms with Gasteiger partial charge in [-0.3, -0.25) is 0 Å². The van der Waals surface area contributed by atoms with Crippen LogP contribution in [0.15, 0.2) is 6.07 Å². The van der Waals surface area contributed by atoms with E-state index in [0.29, 0.717) is 11.2 Å². The molecule has 0 aliphatic carbocycles. The highest BCUT2D eigenvalue weighted by Gasteiger charge is 2.22. The van der Waals surface area contributed by atoms with Crippen LogP contribution in [0.3, 0.4) is 0 Å². The molecule has 16 heavy (non-hydrogen) atoms. The first kappa shape index (κ1) is 11.5. The molecule has 1 atom stereocenters. The van der Waals surface area contributed by atoms with Crippen LogP contribution in [0.2, 0.25) is 5.15 Å². The Labute approximate surface area is 101 Å². The van der Waals surface area contributed by atoms with Crippen molar-refractivity contribution in [1.29, 1.82) is 0 Å². The van der Waals surface area contributed by atoms with E-state index in [-0.39, 0.29) is 5.95 Å². The summed E-state index contributed by atoms with van der Waals surface area (Å²) in [5.74, 6) is 1.12. The van der Waals surface area contributed by atoms with Crippen LogP contribution in [0.5, 0.6) is 0 Å². The monoisotopic (exact) mass is 240 g/mol. The molecule has 0 bridgehead atoms. The maximum atomic E-state index is 5.90. The van der Waals surface area contributed by atoms with Crippen molar-refractivity contribution in [2.75, 3.05) is 17.2 Å². The Morgan fingerprint density at radius 3 is 3.00 bits per heavy atom. The molecular weight excluding hydrogens is 224 g/mol. The van der Waals surface area contributed by atoms with Gasteiger partial charge in [0.05, 0.1) is 0 Å². The molecule has 2 rings (SSSR count). The van der Waals surface area contributed by atoms with E-state index in [1.165, 1.54) is 19.3 Å². The second-order valence-corrected chi connectivity index (χ2v) is 4.55. The smallest absolute Gasteiger partial charge is 0.223 e.